The van der Waals surface area contributed by atoms with E-state index in [0.29, 0.717) is 16.9 Å². The summed E-state index contributed by atoms with van der Waals surface area (Å²) in [6.45, 7) is 4.45. The van der Waals surface area contributed by atoms with Gasteiger partial charge in [0.15, 0.2) is 5.15 Å². The van der Waals surface area contributed by atoms with E-state index >= 15 is 0 Å². The van der Waals surface area contributed by atoms with Crippen molar-refractivity contribution < 1.29 is 0 Å². The number of aromatic nitrogens is 2. The van der Waals surface area contributed by atoms with Gasteiger partial charge in [-0.05, 0) is 12.8 Å². The van der Waals surface area contributed by atoms with Gasteiger partial charge in [-0.3, -0.25) is 4.98 Å². The second kappa shape index (κ2) is 11.7. The minimum atomic E-state index is 0.395. The number of unbranched alkanes of at least 4 members (excludes halogenated alkanes) is 8. The van der Waals surface area contributed by atoms with Gasteiger partial charge >= 0.3 is 0 Å². The molecule has 0 aliphatic carbocycles. The molecule has 4 heteroatoms. The predicted molar refractivity (Wildman–Crippen MR) is 96.3 cm³/mol. The molecular formula is C18H32ClN3. The zero-order valence-electron chi connectivity index (χ0n) is 14.3. The van der Waals surface area contributed by atoms with Crippen molar-refractivity contribution in [3.8, 4) is 0 Å². The van der Waals surface area contributed by atoms with Crippen molar-refractivity contribution in [3.05, 3.63) is 17.0 Å². The summed E-state index contributed by atoms with van der Waals surface area (Å²) < 4.78 is 0. The highest BCUT2D eigenvalue weighted by molar-refractivity contribution is 6.30. The largest absolute Gasteiger partial charge is 0.382 e. The fourth-order valence-corrected chi connectivity index (χ4v) is 3.20. The number of rotatable bonds is 12. The summed E-state index contributed by atoms with van der Waals surface area (Å²) in [5, 5.41) is 0.475. The van der Waals surface area contributed by atoms with Crippen LogP contribution in [0.3, 0.4) is 0 Å². The SMILES string of the molecule is CCCCCCCCCCCC(CC)c1ncc(N)nc1Cl. The Labute approximate surface area is 141 Å². The van der Waals surface area contributed by atoms with Gasteiger partial charge in [-0.2, -0.15) is 0 Å². The molecular weight excluding hydrogens is 294 g/mol. The Balaban J connectivity index is 2.19. The van der Waals surface area contributed by atoms with Crippen LogP contribution < -0.4 is 5.73 Å². The summed E-state index contributed by atoms with van der Waals surface area (Å²) >= 11 is 6.17. The van der Waals surface area contributed by atoms with Crippen molar-refractivity contribution in [2.24, 2.45) is 0 Å². The van der Waals surface area contributed by atoms with Crippen LogP contribution in [0.4, 0.5) is 5.82 Å². The standard InChI is InChI=1S/C18H32ClN3/c1-3-5-6-7-8-9-10-11-12-13-15(4-2)17-18(19)22-16(20)14-21-17/h14-15H,3-13H2,1-2H3,(H2,20,22). The van der Waals surface area contributed by atoms with E-state index in [1.54, 1.807) is 6.20 Å². The first-order chi connectivity index (χ1) is 10.7. The lowest BCUT2D eigenvalue weighted by Crippen LogP contribution is -2.04. The van der Waals surface area contributed by atoms with Gasteiger partial charge < -0.3 is 5.73 Å². The van der Waals surface area contributed by atoms with Crippen LogP contribution in [0.5, 0.6) is 0 Å². The fourth-order valence-electron chi connectivity index (χ4n) is 2.90. The number of nitrogen functional groups attached to an aromatic ring is 1. The van der Waals surface area contributed by atoms with Gasteiger partial charge in [0.1, 0.15) is 5.82 Å². The summed E-state index contributed by atoms with van der Waals surface area (Å²) in [6, 6.07) is 0. The van der Waals surface area contributed by atoms with E-state index < -0.39 is 0 Å². The molecule has 22 heavy (non-hydrogen) atoms. The first-order valence-corrected chi connectivity index (χ1v) is 9.34. The van der Waals surface area contributed by atoms with E-state index in [9.17, 15) is 0 Å². The summed E-state index contributed by atoms with van der Waals surface area (Å²) in [6.07, 6.45) is 16.0. The average molecular weight is 326 g/mol. The second-order valence-corrected chi connectivity index (χ2v) is 6.55. The zero-order chi connectivity index (χ0) is 16.2. The van der Waals surface area contributed by atoms with Crippen molar-refractivity contribution in [2.45, 2.75) is 90.4 Å². The van der Waals surface area contributed by atoms with Gasteiger partial charge in [0.05, 0.1) is 11.9 Å². The van der Waals surface area contributed by atoms with Crippen molar-refractivity contribution >= 4 is 17.4 Å². The summed E-state index contributed by atoms with van der Waals surface area (Å²) in [5.41, 5.74) is 6.52. The van der Waals surface area contributed by atoms with Crippen LogP contribution in [0.15, 0.2) is 6.20 Å². The molecule has 2 N–H and O–H groups in total. The van der Waals surface area contributed by atoms with Gasteiger partial charge in [0.25, 0.3) is 0 Å². The van der Waals surface area contributed by atoms with Gasteiger partial charge in [-0.1, -0.05) is 83.2 Å². The summed E-state index contributed by atoms with van der Waals surface area (Å²) in [4.78, 5) is 8.50. The zero-order valence-corrected chi connectivity index (χ0v) is 15.0. The van der Waals surface area contributed by atoms with Gasteiger partial charge in [0, 0.05) is 5.92 Å². The number of halogens is 1. The molecule has 1 unspecified atom stereocenters. The number of anilines is 1. The Morgan fingerprint density at radius 2 is 1.59 bits per heavy atom. The Bertz CT molecular complexity index is 409. The lowest BCUT2D eigenvalue weighted by atomic mass is 9.95. The highest BCUT2D eigenvalue weighted by atomic mass is 35.5. The van der Waals surface area contributed by atoms with Gasteiger partial charge in [0.2, 0.25) is 0 Å². The molecule has 0 aromatic carbocycles. The molecule has 126 valence electrons. The first-order valence-electron chi connectivity index (χ1n) is 8.96. The summed E-state index contributed by atoms with van der Waals surface area (Å²) in [5.74, 6) is 0.803. The molecule has 0 aliphatic heterocycles. The molecule has 1 aromatic heterocycles. The maximum absolute atomic E-state index is 6.17. The molecule has 1 aromatic rings. The molecule has 1 heterocycles. The normalized spacial score (nSPS) is 12.5. The molecule has 0 radical (unpaired) electrons. The maximum atomic E-state index is 6.17. The average Bonchev–Trinajstić information content (AvgIpc) is 2.50. The summed E-state index contributed by atoms with van der Waals surface area (Å²) in [7, 11) is 0. The predicted octanol–water partition coefficient (Wildman–Crippen LogP) is 6.13. The maximum Gasteiger partial charge on any atom is 0.153 e. The lowest BCUT2D eigenvalue weighted by Gasteiger charge is -2.15. The minimum absolute atomic E-state index is 0.395. The molecule has 0 spiro atoms. The quantitative estimate of drug-likeness (QED) is 0.470. The third kappa shape index (κ3) is 7.44. The third-order valence-corrected chi connectivity index (χ3v) is 4.59. The molecule has 0 fully saturated rings. The smallest absolute Gasteiger partial charge is 0.153 e. The van der Waals surface area contributed by atoms with Crippen LogP contribution >= 0.6 is 11.6 Å². The minimum Gasteiger partial charge on any atom is -0.382 e. The molecule has 0 aliphatic rings. The molecule has 0 amide bonds. The molecule has 1 rings (SSSR count). The van der Waals surface area contributed by atoms with Crippen LogP contribution in [0.1, 0.15) is 96.1 Å². The third-order valence-electron chi connectivity index (χ3n) is 4.31. The monoisotopic (exact) mass is 325 g/mol. The van der Waals surface area contributed by atoms with E-state index in [0.717, 1.165) is 18.5 Å². The van der Waals surface area contributed by atoms with Gasteiger partial charge in [-0.15, -0.1) is 0 Å². The Kier molecular flexibility index (Phi) is 10.2. The molecule has 0 saturated heterocycles. The van der Waals surface area contributed by atoms with Crippen molar-refractivity contribution in [3.63, 3.8) is 0 Å². The van der Waals surface area contributed by atoms with Crippen molar-refractivity contribution in [2.75, 3.05) is 5.73 Å². The molecule has 0 bridgehead atoms. The lowest BCUT2D eigenvalue weighted by molar-refractivity contribution is 0.513. The van der Waals surface area contributed by atoms with Crippen molar-refractivity contribution in [1.82, 2.24) is 9.97 Å². The topological polar surface area (TPSA) is 51.8 Å². The van der Waals surface area contributed by atoms with Crippen LogP contribution in [0, 0.1) is 0 Å². The molecule has 1 atom stereocenters. The van der Waals surface area contributed by atoms with Crippen molar-refractivity contribution in [1.29, 1.82) is 0 Å². The number of nitrogens with zero attached hydrogens (tertiary/aromatic N) is 2. The number of nitrogens with two attached hydrogens (primary N) is 1. The van der Waals surface area contributed by atoms with Crippen LogP contribution in [-0.4, -0.2) is 9.97 Å². The van der Waals surface area contributed by atoms with E-state index in [-0.39, 0.29) is 0 Å². The highest BCUT2D eigenvalue weighted by Gasteiger charge is 2.15. The first kappa shape index (κ1) is 19.2. The van der Waals surface area contributed by atoms with Gasteiger partial charge in [-0.25, -0.2) is 4.98 Å². The molecule has 0 saturated carbocycles. The van der Waals surface area contributed by atoms with Crippen LogP contribution in [0.2, 0.25) is 5.15 Å². The highest BCUT2D eigenvalue weighted by Crippen LogP contribution is 2.29. The van der Waals surface area contributed by atoms with Crippen LogP contribution in [-0.2, 0) is 0 Å². The second-order valence-electron chi connectivity index (χ2n) is 6.19. The fraction of sp³-hybridized carbons (Fsp3) is 0.778. The van der Waals surface area contributed by atoms with E-state index in [1.807, 2.05) is 0 Å². The number of hydrogen-bond acceptors (Lipinski definition) is 3. The number of hydrogen-bond donors (Lipinski definition) is 1. The Hall–Kier alpha value is -0.830. The molecule has 3 nitrogen and oxygen atoms in total. The Morgan fingerprint density at radius 3 is 2.14 bits per heavy atom. The van der Waals surface area contributed by atoms with E-state index in [1.165, 1.54) is 57.8 Å². The van der Waals surface area contributed by atoms with Crippen LogP contribution in [0.25, 0.3) is 0 Å². The van der Waals surface area contributed by atoms with E-state index in [4.69, 9.17) is 17.3 Å². The van der Waals surface area contributed by atoms with E-state index in [2.05, 4.69) is 23.8 Å². The Morgan fingerprint density at radius 1 is 1.00 bits per heavy atom.